The third-order valence-electron chi connectivity index (χ3n) is 6.92. The molecule has 0 radical (unpaired) electrons. The van der Waals surface area contributed by atoms with E-state index in [4.69, 9.17) is 0 Å². The molecule has 0 atom stereocenters. The maximum atomic E-state index is 15.1. The van der Waals surface area contributed by atoms with E-state index in [9.17, 15) is 0 Å². The third-order valence-corrected chi connectivity index (χ3v) is 6.92. The van der Waals surface area contributed by atoms with Crippen molar-refractivity contribution in [2.75, 3.05) is 0 Å². The van der Waals surface area contributed by atoms with Crippen LogP contribution in [-0.2, 0) is 6.42 Å². The Balaban J connectivity index is 1.45. The van der Waals surface area contributed by atoms with Crippen LogP contribution in [0.5, 0.6) is 0 Å². The summed E-state index contributed by atoms with van der Waals surface area (Å²) in [6.45, 7) is 5.91. The molecule has 0 N–H and O–H groups in total. The quantitative estimate of drug-likeness (QED) is 0.268. The van der Waals surface area contributed by atoms with Gasteiger partial charge < -0.3 is 0 Å². The summed E-state index contributed by atoms with van der Waals surface area (Å²) in [6, 6.07) is 18.3. The standard InChI is InChI=1S/C32H33F/c1-3-5-6-8-26-14-22-31-30(23-26)21-20-29(32(31)33)19-13-25-11-17-28(18-12-25)27-15-9-24(7-4-2)10-16-27/h3-5,11-12,14,17-18,20-24,27H,2,6-10,15-16H2,1H3/b5-3+. The second-order valence-corrected chi connectivity index (χ2v) is 9.20. The summed E-state index contributed by atoms with van der Waals surface area (Å²) in [4.78, 5) is 0. The van der Waals surface area contributed by atoms with Gasteiger partial charge in [-0.2, -0.15) is 0 Å². The van der Waals surface area contributed by atoms with Gasteiger partial charge in [0.05, 0.1) is 5.56 Å². The largest absolute Gasteiger partial charge is 0.205 e. The lowest BCUT2D eigenvalue weighted by Crippen LogP contribution is -2.12. The Labute approximate surface area is 198 Å². The Morgan fingerprint density at radius 2 is 1.76 bits per heavy atom. The minimum Gasteiger partial charge on any atom is -0.205 e. The van der Waals surface area contributed by atoms with Crippen molar-refractivity contribution in [3.05, 3.63) is 107 Å². The average Bonchev–Trinajstić information content (AvgIpc) is 2.85. The predicted octanol–water partition coefficient (Wildman–Crippen LogP) is 8.74. The van der Waals surface area contributed by atoms with E-state index in [1.807, 2.05) is 25.1 Å². The van der Waals surface area contributed by atoms with E-state index < -0.39 is 0 Å². The Morgan fingerprint density at radius 1 is 0.970 bits per heavy atom. The fourth-order valence-corrected chi connectivity index (χ4v) is 4.96. The van der Waals surface area contributed by atoms with Crippen molar-refractivity contribution in [2.45, 2.75) is 57.8 Å². The summed E-state index contributed by atoms with van der Waals surface area (Å²) in [5.41, 5.74) is 4.01. The van der Waals surface area contributed by atoms with Gasteiger partial charge in [-0.1, -0.05) is 66.5 Å². The smallest absolute Gasteiger partial charge is 0.146 e. The fourth-order valence-electron chi connectivity index (χ4n) is 4.96. The number of hydrogen-bond acceptors (Lipinski definition) is 0. The molecule has 168 valence electrons. The molecule has 0 spiro atoms. The summed E-state index contributed by atoms with van der Waals surface area (Å²) >= 11 is 0. The molecule has 0 nitrogen and oxygen atoms in total. The Hall–Kier alpha value is -3.11. The van der Waals surface area contributed by atoms with Gasteiger partial charge in [0.15, 0.2) is 0 Å². The van der Waals surface area contributed by atoms with E-state index in [1.165, 1.54) is 36.8 Å². The van der Waals surface area contributed by atoms with Crippen LogP contribution in [0.4, 0.5) is 4.39 Å². The molecule has 3 aromatic carbocycles. The molecule has 3 aromatic rings. The lowest BCUT2D eigenvalue weighted by molar-refractivity contribution is 0.328. The number of benzene rings is 3. The number of hydrogen-bond donors (Lipinski definition) is 0. The van der Waals surface area contributed by atoms with Gasteiger partial charge in [0.1, 0.15) is 5.82 Å². The van der Waals surface area contributed by atoms with Crippen molar-refractivity contribution in [1.29, 1.82) is 0 Å². The monoisotopic (exact) mass is 436 g/mol. The van der Waals surface area contributed by atoms with Crippen molar-refractivity contribution in [3.8, 4) is 11.8 Å². The van der Waals surface area contributed by atoms with Gasteiger partial charge >= 0.3 is 0 Å². The van der Waals surface area contributed by atoms with Crippen molar-refractivity contribution in [2.24, 2.45) is 5.92 Å². The molecular formula is C32H33F. The van der Waals surface area contributed by atoms with Gasteiger partial charge in [0.25, 0.3) is 0 Å². The maximum Gasteiger partial charge on any atom is 0.146 e. The SMILES string of the molecule is C=CCC1CCC(c2ccc(C#Cc3ccc4cc(CC/C=C/C)ccc4c3F)cc2)CC1. The van der Waals surface area contributed by atoms with Crippen LogP contribution in [0.3, 0.4) is 0 Å². The highest BCUT2D eigenvalue weighted by Crippen LogP contribution is 2.37. The highest BCUT2D eigenvalue weighted by molar-refractivity contribution is 5.85. The van der Waals surface area contributed by atoms with Crippen LogP contribution in [0.1, 0.15) is 73.6 Å². The summed E-state index contributed by atoms with van der Waals surface area (Å²) in [5, 5.41) is 1.57. The van der Waals surface area contributed by atoms with Crippen LogP contribution in [0.15, 0.2) is 79.4 Å². The molecule has 1 aliphatic rings. The van der Waals surface area contributed by atoms with E-state index in [1.54, 1.807) is 6.07 Å². The summed E-state index contributed by atoms with van der Waals surface area (Å²) < 4.78 is 15.1. The zero-order valence-corrected chi connectivity index (χ0v) is 19.6. The first-order valence-electron chi connectivity index (χ1n) is 12.2. The number of aryl methyl sites for hydroxylation is 1. The normalized spacial score (nSPS) is 18.2. The van der Waals surface area contributed by atoms with Crippen molar-refractivity contribution in [1.82, 2.24) is 0 Å². The summed E-state index contributed by atoms with van der Waals surface area (Å²) in [5.74, 6) is 7.44. The summed E-state index contributed by atoms with van der Waals surface area (Å²) in [7, 11) is 0. The first kappa shape index (κ1) is 23.1. The molecular weight excluding hydrogens is 403 g/mol. The average molecular weight is 437 g/mol. The topological polar surface area (TPSA) is 0 Å². The molecule has 1 aliphatic carbocycles. The molecule has 0 unspecified atom stereocenters. The first-order valence-corrected chi connectivity index (χ1v) is 12.2. The number of allylic oxidation sites excluding steroid dienone is 3. The van der Waals surface area contributed by atoms with Gasteiger partial charge in [0.2, 0.25) is 0 Å². The van der Waals surface area contributed by atoms with Crippen molar-refractivity contribution < 1.29 is 4.39 Å². The molecule has 0 bridgehead atoms. The molecule has 0 heterocycles. The lowest BCUT2D eigenvalue weighted by atomic mass is 9.77. The van der Waals surface area contributed by atoms with E-state index in [0.29, 0.717) is 16.9 Å². The minimum absolute atomic E-state index is 0.229. The zero-order chi connectivity index (χ0) is 23.0. The number of rotatable bonds is 6. The molecule has 1 heteroatoms. The zero-order valence-electron chi connectivity index (χ0n) is 19.6. The highest BCUT2D eigenvalue weighted by Gasteiger charge is 2.21. The maximum absolute atomic E-state index is 15.1. The van der Waals surface area contributed by atoms with E-state index in [2.05, 4.69) is 67.0 Å². The van der Waals surface area contributed by atoms with E-state index in [0.717, 1.165) is 36.1 Å². The van der Waals surface area contributed by atoms with Crippen LogP contribution >= 0.6 is 0 Å². The van der Waals surface area contributed by atoms with Crippen LogP contribution in [0.25, 0.3) is 10.8 Å². The highest BCUT2D eigenvalue weighted by atomic mass is 19.1. The van der Waals surface area contributed by atoms with Crippen molar-refractivity contribution >= 4 is 10.8 Å². The van der Waals surface area contributed by atoms with Gasteiger partial charge in [-0.15, -0.1) is 6.58 Å². The van der Waals surface area contributed by atoms with Gasteiger partial charge in [-0.25, -0.2) is 4.39 Å². The van der Waals surface area contributed by atoms with Gasteiger partial charge in [-0.3, -0.25) is 0 Å². The Kier molecular flexibility index (Phi) is 7.79. The Morgan fingerprint density at radius 3 is 2.48 bits per heavy atom. The molecule has 4 rings (SSSR count). The van der Waals surface area contributed by atoms with E-state index in [-0.39, 0.29) is 5.82 Å². The van der Waals surface area contributed by atoms with Gasteiger partial charge in [0, 0.05) is 10.9 Å². The predicted molar refractivity (Wildman–Crippen MR) is 139 cm³/mol. The summed E-state index contributed by atoms with van der Waals surface area (Å²) in [6.07, 6.45) is 14.5. The number of fused-ring (bicyclic) bond motifs is 1. The molecule has 1 saturated carbocycles. The molecule has 0 aromatic heterocycles. The minimum atomic E-state index is -0.229. The second kappa shape index (κ2) is 11.2. The van der Waals surface area contributed by atoms with Crippen LogP contribution in [0, 0.1) is 23.6 Å². The molecule has 1 fully saturated rings. The van der Waals surface area contributed by atoms with Gasteiger partial charge in [-0.05, 0) is 98.4 Å². The first-order chi connectivity index (χ1) is 16.2. The molecule has 0 saturated heterocycles. The molecule has 33 heavy (non-hydrogen) atoms. The van der Waals surface area contributed by atoms with Crippen LogP contribution in [0.2, 0.25) is 0 Å². The second-order valence-electron chi connectivity index (χ2n) is 9.20. The Bertz CT molecular complexity index is 1180. The molecule has 0 amide bonds. The molecule has 0 aliphatic heterocycles. The fraction of sp³-hybridized carbons (Fsp3) is 0.312. The van der Waals surface area contributed by atoms with E-state index >= 15 is 4.39 Å². The van der Waals surface area contributed by atoms with Crippen molar-refractivity contribution in [3.63, 3.8) is 0 Å². The van der Waals surface area contributed by atoms with Crippen LogP contribution in [-0.4, -0.2) is 0 Å². The van der Waals surface area contributed by atoms with Crippen LogP contribution < -0.4 is 0 Å². The number of halogens is 1. The third kappa shape index (κ3) is 5.82. The lowest BCUT2D eigenvalue weighted by Gasteiger charge is -2.28.